The summed E-state index contributed by atoms with van der Waals surface area (Å²) in [6, 6.07) is 9.55. The lowest BCUT2D eigenvalue weighted by atomic mass is 10.3. The molecule has 0 aliphatic carbocycles. The van der Waals surface area contributed by atoms with E-state index in [4.69, 9.17) is 4.74 Å². The zero-order chi connectivity index (χ0) is 12.1. The third kappa shape index (κ3) is 3.26. The van der Waals surface area contributed by atoms with Crippen LogP contribution in [-0.4, -0.2) is 5.97 Å². The van der Waals surface area contributed by atoms with E-state index < -0.39 is 11.8 Å². The Morgan fingerprint density at radius 3 is 2.76 bits per heavy atom. The minimum atomic E-state index is -0.594. The van der Waals surface area contributed by atoms with Crippen LogP contribution in [0.5, 0.6) is 5.75 Å². The lowest BCUT2D eigenvalue weighted by Gasteiger charge is -2.01. The molecule has 0 N–H and O–H groups in total. The first-order valence-corrected chi connectivity index (χ1v) is 5.81. The van der Waals surface area contributed by atoms with E-state index in [2.05, 4.69) is 0 Å². The smallest absolute Gasteiger partial charge is 0.336 e. The summed E-state index contributed by atoms with van der Waals surface area (Å²) in [4.78, 5) is 12.3. The Balaban J connectivity index is 2.01. The number of para-hydroxylation sites is 1. The fraction of sp³-hybridized carbons (Fsp3) is 0. The van der Waals surface area contributed by atoms with Crippen molar-refractivity contribution in [3.05, 3.63) is 58.5 Å². The molecule has 0 radical (unpaired) electrons. The lowest BCUT2D eigenvalue weighted by Crippen LogP contribution is -2.04. The second kappa shape index (κ2) is 5.41. The van der Waals surface area contributed by atoms with E-state index >= 15 is 0 Å². The molecule has 0 amide bonds. The van der Waals surface area contributed by atoms with Gasteiger partial charge < -0.3 is 4.74 Å². The Bertz CT molecular complexity index is 532. The van der Waals surface area contributed by atoms with Crippen molar-refractivity contribution < 1.29 is 13.9 Å². The first-order chi connectivity index (χ1) is 8.25. The second-order valence-corrected chi connectivity index (χ2v) is 4.18. The number of hydrogen-bond acceptors (Lipinski definition) is 3. The molecule has 0 aliphatic rings. The summed E-state index contributed by atoms with van der Waals surface area (Å²) in [5.74, 6) is -1.21. The van der Waals surface area contributed by atoms with E-state index in [-0.39, 0.29) is 5.75 Å². The molecule has 2 aromatic rings. The number of thiophene rings is 1. The maximum absolute atomic E-state index is 13.2. The molecule has 1 aromatic carbocycles. The first kappa shape index (κ1) is 11.5. The van der Waals surface area contributed by atoms with Gasteiger partial charge in [0.25, 0.3) is 0 Å². The Labute approximate surface area is 102 Å². The molecule has 0 saturated carbocycles. The van der Waals surface area contributed by atoms with Crippen molar-refractivity contribution in [3.8, 4) is 5.75 Å². The van der Waals surface area contributed by atoms with Gasteiger partial charge in [-0.25, -0.2) is 9.18 Å². The molecule has 1 heterocycles. The minimum absolute atomic E-state index is 0.0617. The van der Waals surface area contributed by atoms with E-state index in [0.29, 0.717) is 0 Å². The van der Waals surface area contributed by atoms with Crippen LogP contribution in [0.4, 0.5) is 4.39 Å². The molecule has 2 nitrogen and oxygen atoms in total. The summed E-state index contributed by atoms with van der Waals surface area (Å²) < 4.78 is 18.0. The average Bonchev–Trinajstić information content (AvgIpc) is 2.82. The highest BCUT2D eigenvalue weighted by Crippen LogP contribution is 2.16. The molecule has 0 aliphatic heterocycles. The summed E-state index contributed by atoms with van der Waals surface area (Å²) in [5, 5.41) is 1.90. The summed E-state index contributed by atoms with van der Waals surface area (Å²) >= 11 is 1.51. The summed E-state index contributed by atoms with van der Waals surface area (Å²) in [5.41, 5.74) is 0. The fourth-order valence-corrected chi connectivity index (χ4v) is 1.82. The Hall–Kier alpha value is -1.94. The van der Waals surface area contributed by atoms with Gasteiger partial charge in [-0.15, -0.1) is 11.3 Å². The number of carbonyl (C=O) groups is 1. The number of ether oxygens (including phenoxy) is 1. The molecule has 0 spiro atoms. The first-order valence-electron chi connectivity index (χ1n) is 4.93. The van der Waals surface area contributed by atoms with Crippen LogP contribution < -0.4 is 4.74 Å². The lowest BCUT2D eigenvalue weighted by molar-refractivity contribution is -0.129. The van der Waals surface area contributed by atoms with Crippen LogP contribution >= 0.6 is 11.3 Å². The summed E-state index contributed by atoms with van der Waals surface area (Å²) in [7, 11) is 0. The molecule has 0 bridgehead atoms. The van der Waals surface area contributed by atoms with Crippen molar-refractivity contribution >= 4 is 23.4 Å². The van der Waals surface area contributed by atoms with Gasteiger partial charge in [-0.05, 0) is 29.7 Å². The van der Waals surface area contributed by atoms with Crippen LogP contribution in [0.15, 0.2) is 47.9 Å². The molecular weight excluding hydrogens is 239 g/mol. The predicted octanol–water partition coefficient (Wildman–Crippen LogP) is 3.51. The molecule has 4 heteroatoms. The van der Waals surface area contributed by atoms with Gasteiger partial charge in [0, 0.05) is 11.0 Å². The number of halogens is 1. The molecule has 0 atom stereocenters. The molecule has 0 fully saturated rings. The number of hydrogen-bond donors (Lipinski definition) is 0. The second-order valence-electron chi connectivity index (χ2n) is 3.20. The van der Waals surface area contributed by atoms with E-state index in [9.17, 15) is 9.18 Å². The van der Waals surface area contributed by atoms with Crippen molar-refractivity contribution in [1.82, 2.24) is 0 Å². The van der Waals surface area contributed by atoms with Crippen LogP contribution in [0.25, 0.3) is 6.08 Å². The predicted molar refractivity (Wildman–Crippen MR) is 65.4 cm³/mol. The molecule has 0 unspecified atom stereocenters. The molecule has 17 heavy (non-hydrogen) atoms. The van der Waals surface area contributed by atoms with Gasteiger partial charge in [-0.2, -0.15) is 0 Å². The van der Waals surface area contributed by atoms with E-state index in [0.717, 1.165) is 4.88 Å². The highest BCUT2D eigenvalue weighted by atomic mass is 32.1. The standard InChI is InChI=1S/C13H9FO2S/c14-11-5-1-2-6-12(11)16-13(15)8-7-10-4-3-9-17-10/h1-9H. The van der Waals surface area contributed by atoms with Crippen LogP contribution in [0.1, 0.15) is 4.88 Å². The van der Waals surface area contributed by atoms with Crippen LogP contribution in [0.2, 0.25) is 0 Å². The number of carbonyl (C=O) groups excluding carboxylic acids is 1. The third-order valence-electron chi connectivity index (χ3n) is 1.97. The zero-order valence-electron chi connectivity index (χ0n) is 8.80. The monoisotopic (exact) mass is 248 g/mol. The van der Waals surface area contributed by atoms with Crippen molar-refractivity contribution in [2.75, 3.05) is 0 Å². The van der Waals surface area contributed by atoms with Gasteiger partial charge in [-0.3, -0.25) is 0 Å². The SMILES string of the molecule is O=C(C=Cc1cccs1)Oc1ccccc1F. The molecular formula is C13H9FO2S. The molecule has 86 valence electrons. The minimum Gasteiger partial charge on any atom is -0.420 e. The topological polar surface area (TPSA) is 26.3 Å². The number of benzene rings is 1. The van der Waals surface area contributed by atoms with E-state index in [1.165, 1.54) is 35.6 Å². The average molecular weight is 248 g/mol. The zero-order valence-corrected chi connectivity index (χ0v) is 9.62. The van der Waals surface area contributed by atoms with Crippen LogP contribution in [0, 0.1) is 5.82 Å². The van der Waals surface area contributed by atoms with Crippen molar-refractivity contribution in [2.45, 2.75) is 0 Å². The van der Waals surface area contributed by atoms with Crippen molar-refractivity contribution in [1.29, 1.82) is 0 Å². The van der Waals surface area contributed by atoms with Gasteiger partial charge >= 0.3 is 5.97 Å². The third-order valence-corrected chi connectivity index (χ3v) is 2.81. The van der Waals surface area contributed by atoms with Gasteiger partial charge in [0.2, 0.25) is 0 Å². The van der Waals surface area contributed by atoms with Gasteiger partial charge in [0.05, 0.1) is 0 Å². The van der Waals surface area contributed by atoms with Gasteiger partial charge in [-0.1, -0.05) is 18.2 Å². The highest BCUT2D eigenvalue weighted by Gasteiger charge is 2.05. The van der Waals surface area contributed by atoms with Crippen molar-refractivity contribution in [3.63, 3.8) is 0 Å². The maximum Gasteiger partial charge on any atom is 0.336 e. The Kier molecular flexibility index (Phi) is 3.67. The normalized spacial score (nSPS) is 10.6. The Morgan fingerprint density at radius 2 is 2.06 bits per heavy atom. The number of esters is 1. The Morgan fingerprint density at radius 1 is 1.24 bits per heavy atom. The number of rotatable bonds is 3. The van der Waals surface area contributed by atoms with E-state index in [1.54, 1.807) is 12.1 Å². The van der Waals surface area contributed by atoms with Crippen LogP contribution in [0.3, 0.4) is 0 Å². The fourth-order valence-electron chi connectivity index (χ4n) is 1.21. The van der Waals surface area contributed by atoms with Crippen molar-refractivity contribution in [2.24, 2.45) is 0 Å². The van der Waals surface area contributed by atoms with Crippen LogP contribution in [-0.2, 0) is 4.79 Å². The molecule has 0 saturated heterocycles. The summed E-state index contributed by atoms with van der Waals surface area (Å²) in [6.07, 6.45) is 2.91. The highest BCUT2D eigenvalue weighted by molar-refractivity contribution is 7.10. The molecule has 1 aromatic heterocycles. The van der Waals surface area contributed by atoms with Gasteiger partial charge in [0.1, 0.15) is 0 Å². The molecule has 2 rings (SSSR count). The van der Waals surface area contributed by atoms with E-state index in [1.807, 2.05) is 17.5 Å². The summed E-state index contributed by atoms with van der Waals surface area (Å²) in [6.45, 7) is 0. The largest absolute Gasteiger partial charge is 0.420 e. The quantitative estimate of drug-likeness (QED) is 0.472. The van der Waals surface area contributed by atoms with Gasteiger partial charge in [0.15, 0.2) is 11.6 Å². The maximum atomic E-state index is 13.2.